The van der Waals surface area contributed by atoms with E-state index in [1.54, 1.807) is 0 Å². The molecule has 0 aliphatic heterocycles. The molecule has 0 atom stereocenters. The molecule has 0 bridgehead atoms. The Balaban J connectivity index is 3.07. The predicted molar refractivity (Wildman–Crippen MR) is 64.3 cm³/mol. The first-order valence-electron chi connectivity index (χ1n) is 4.98. The summed E-state index contributed by atoms with van der Waals surface area (Å²) in [6, 6.07) is 2.66. The van der Waals surface area contributed by atoms with E-state index >= 15 is 0 Å². The summed E-state index contributed by atoms with van der Waals surface area (Å²) in [7, 11) is 0. The maximum Gasteiger partial charge on any atom is 0.323 e. The summed E-state index contributed by atoms with van der Waals surface area (Å²) in [4.78, 5) is 26.1. The van der Waals surface area contributed by atoms with Crippen molar-refractivity contribution in [2.75, 3.05) is 18.0 Å². The summed E-state index contributed by atoms with van der Waals surface area (Å²) in [6.45, 7) is 1.24. The Morgan fingerprint density at radius 2 is 2.33 bits per heavy atom. The van der Waals surface area contributed by atoms with E-state index in [4.69, 9.17) is 11.5 Å². The first kappa shape index (κ1) is 13.4. The summed E-state index contributed by atoms with van der Waals surface area (Å²) in [5, 5.41) is 19.4. The largest absolute Gasteiger partial charge is 0.480 e. The van der Waals surface area contributed by atoms with E-state index in [0.717, 1.165) is 0 Å². The molecule has 1 aromatic rings. The van der Waals surface area contributed by atoms with Crippen LogP contribution in [0.4, 0.5) is 11.5 Å². The Morgan fingerprint density at radius 1 is 1.67 bits per heavy atom. The van der Waals surface area contributed by atoms with E-state index < -0.39 is 10.9 Å². The number of aromatic nitrogens is 1. The summed E-state index contributed by atoms with van der Waals surface area (Å²) >= 11 is 0. The third-order valence-corrected chi connectivity index (χ3v) is 2.17. The Morgan fingerprint density at radius 3 is 2.78 bits per heavy atom. The highest BCUT2D eigenvalue weighted by Gasteiger charge is 2.16. The van der Waals surface area contributed by atoms with Gasteiger partial charge >= 0.3 is 5.97 Å². The van der Waals surface area contributed by atoms with Gasteiger partial charge in [-0.05, 0) is 13.0 Å². The monoisotopic (exact) mass is 249 g/mol. The smallest absolute Gasteiger partial charge is 0.323 e. The molecule has 0 saturated carbocycles. The molecule has 0 unspecified atom stereocenters. The molecule has 0 amide bonds. The topological polar surface area (TPSA) is 96.6 Å². The number of nitro groups is 1. The van der Waals surface area contributed by atoms with Crippen molar-refractivity contribution < 1.29 is 14.8 Å². The molecule has 0 radical (unpaired) electrons. The Kier molecular flexibility index (Phi) is 4.21. The van der Waals surface area contributed by atoms with Crippen molar-refractivity contribution in [2.45, 2.75) is 6.92 Å². The van der Waals surface area contributed by atoms with Crippen LogP contribution in [0.2, 0.25) is 0 Å². The van der Waals surface area contributed by atoms with Crippen molar-refractivity contribution in [3.05, 3.63) is 27.9 Å². The van der Waals surface area contributed by atoms with Gasteiger partial charge in [0.2, 0.25) is 0 Å². The van der Waals surface area contributed by atoms with Crippen molar-refractivity contribution in [3.8, 4) is 12.3 Å². The first-order chi connectivity index (χ1) is 8.45. The standard InChI is InChI=1S/C11H11N3O4/c1-3-6-13(7-11(15)16)10-5-4-9(14(17)18)8(2)12-10/h1,4-5H,6-7H2,2H3,(H,15,16). The summed E-state index contributed by atoms with van der Waals surface area (Å²) in [6.07, 6.45) is 5.14. The number of rotatable bonds is 5. The van der Waals surface area contributed by atoms with Crippen molar-refractivity contribution in [2.24, 2.45) is 0 Å². The zero-order valence-corrected chi connectivity index (χ0v) is 9.66. The van der Waals surface area contributed by atoms with E-state index in [1.165, 1.54) is 24.0 Å². The molecular formula is C11H11N3O4. The summed E-state index contributed by atoms with van der Waals surface area (Å²) in [5.74, 6) is 1.57. The van der Waals surface area contributed by atoms with Crippen molar-refractivity contribution in [1.82, 2.24) is 4.98 Å². The Bertz CT molecular complexity index is 522. The molecule has 0 spiro atoms. The maximum absolute atomic E-state index is 10.7. The van der Waals surface area contributed by atoms with Crippen molar-refractivity contribution in [3.63, 3.8) is 0 Å². The normalized spacial score (nSPS) is 9.56. The molecule has 1 heterocycles. The van der Waals surface area contributed by atoms with Gasteiger partial charge in [-0.2, -0.15) is 0 Å². The summed E-state index contributed by atoms with van der Waals surface area (Å²) < 4.78 is 0. The number of carboxylic acids is 1. The van der Waals surface area contributed by atoms with Crippen LogP contribution in [0.3, 0.4) is 0 Å². The molecule has 1 aromatic heterocycles. The van der Waals surface area contributed by atoms with Crippen LogP contribution in [0, 0.1) is 29.4 Å². The molecule has 7 nitrogen and oxygen atoms in total. The van der Waals surface area contributed by atoms with Gasteiger partial charge in [-0.1, -0.05) is 5.92 Å². The average molecular weight is 249 g/mol. The van der Waals surface area contributed by atoms with Crippen LogP contribution in [0.1, 0.15) is 5.69 Å². The maximum atomic E-state index is 10.7. The highest BCUT2D eigenvalue weighted by molar-refractivity contribution is 5.73. The molecule has 1 N–H and O–H groups in total. The van der Waals surface area contributed by atoms with Crippen LogP contribution in [0.15, 0.2) is 12.1 Å². The van der Waals surface area contributed by atoms with Crippen LogP contribution < -0.4 is 4.90 Å². The lowest BCUT2D eigenvalue weighted by atomic mass is 10.3. The Labute approximate surface area is 103 Å². The van der Waals surface area contributed by atoms with Gasteiger partial charge < -0.3 is 10.0 Å². The molecule has 18 heavy (non-hydrogen) atoms. The van der Waals surface area contributed by atoms with Gasteiger partial charge in [-0.25, -0.2) is 4.98 Å². The first-order valence-corrected chi connectivity index (χ1v) is 4.98. The molecule has 0 aliphatic carbocycles. The number of nitrogens with zero attached hydrogens (tertiary/aromatic N) is 3. The molecule has 0 fully saturated rings. The average Bonchev–Trinajstić information content (AvgIpc) is 2.27. The molecule has 0 saturated heterocycles. The fourth-order valence-corrected chi connectivity index (χ4v) is 1.40. The molecule has 0 aromatic carbocycles. The van der Waals surface area contributed by atoms with Gasteiger partial charge in [0.1, 0.15) is 18.1 Å². The van der Waals surface area contributed by atoms with Gasteiger partial charge in [0, 0.05) is 6.07 Å². The van der Waals surface area contributed by atoms with Gasteiger partial charge in [0.15, 0.2) is 0 Å². The van der Waals surface area contributed by atoms with E-state index in [1.807, 2.05) is 0 Å². The lowest BCUT2D eigenvalue weighted by Gasteiger charge is -2.18. The number of aliphatic carboxylic acids is 1. The van der Waals surface area contributed by atoms with E-state index in [9.17, 15) is 14.9 Å². The number of terminal acetylenes is 1. The minimum atomic E-state index is -1.05. The third kappa shape index (κ3) is 3.18. The van der Waals surface area contributed by atoms with Gasteiger partial charge in [-0.3, -0.25) is 14.9 Å². The van der Waals surface area contributed by atoms with E-state index in [2.05, 4.69) is 10.9 Å². The minimum Gasteiger partial charge on any atom is -0.480 e. The Hall–Kier alpha value is -2.62. The van der Waals surface area contributed by atoms with Crippen LogP contribution in [0.5, 0.6) is 0 Å². The number of carbonyl (C=O) groups is 1. The number of aryl methyl sites for hydroxylation is 1. The molecule has 94 valence electrons. The number of pyridine rings is 1. The van der Waals surface area contributed by atoms with Crippen LogP contribution >= 0.6 is 0 Å². The quantitative estimate of drug-likeness (QED) is 0.471. The number of anilines is 1. The van der Waals surface area contributed by atoms with Crippen LogP contribution in [0.25, 0.3) is 0 Å². The second-order valence-corrected chi connectivity index (χ2v) is 3.49. The molecule has 0 aliphatic rings. The van der Waals surface area contributed by atoms with Gasteiger partial charge in [0.25, 0.3) is 5.69 Å². The number of hydrogen-bond acceptors (Lipinski definition) is 5. The lowest BCUT2D eigenvalue weighted by Crippen LogP contribution is -2.30. The number of carboxylic acid groups (broad SMARTS) is 1. The summed E-state index contributed by atoms with van der Waals surface area (Å²) in [5.41, 5.74) is 0.0969. The highest BCUT2D eigenvalue weighted by Crippen LogP contribution is 2.20. The molecular weight excluding hydrogens is 238 g/mol. The molecule has 1 rings (SSSR count). The number of hydrogen-bond donors (Lipinski definition) is 1. The second kappa shape index (κ2) is 5.63. The fourth-order valence-electron chi connectivity index (χ4n) is 1.40. The van der Waals surface area contributed by atoms with Crippen molar-refractivity contribution in [1.29, 1.82) is 0 Å². The lowest BCUT2D eigenvalue weighted by molar-refractivity contribution is -0.385. The molecule has 7 heteroatoms. The van der Waals surface area contributed by atoms with E-state index in [-0.39, 0.29) is 24.5 Å². The zero-order chi connectivity index (χ0) is 13.7. The van der Waals surface area contributed by atoms with Crippen LogP contribution in [-0.4, -0.2) is 34.1 Å². The zero-order valence-electron chi connectivity index (χ0n) is 9.66. The highest BCUT2D eigenvalue weighted by atomic mass is 16.6. The second-order valence-electron chi connectivity index (χ2n) is 3.49. The predicted octanol–water partition coefficient (Wildman–Crippen LogP) is 0.822. The fraction of sp³-hybridized carbons (Fsp3) is 0.273. The van der Waals surface area contributed by atoms with Crippen LogP contribution in [-0.2, 0) is 4.79 Å². The third-order valence-electron chi connectivity index (χ3n) is 2.17. The SMILES string of the molecule is C#CCN(CC(=O)O)c1ccc([N+](=O)[O-])c(C)n1. The minimum absolute atomic E-state index is 0.0660. The van der Waals surface area contributed by atoms with E-state index in [0.29, 0.717) is 5.82 Å². The van der Waals surface area contributed by atoms with Gasteiger partial charge in [0.05, 0.1) is 11.5 Å². The van der Waals surface area contributed by atoms with Crippen molar-refractivity contribution >= 4 is 17.5 Å². The van der Waals surface area contributed by atoms with Gasteiger partial charge in [-0.15, -0.1) is 6.42 Å².